The lowest BCUT2D eigenvalue weighted by molar-refractivity contribution is -0.122. The summed E-state index contributed by atoms with van der Waals surface area (Å²) in [5, 5.41) is 2.28. The smallest absolute Gasteiger partial charge is 0.335 e. The minimum Gasteiger partial charge on any atom is -0.494 e. The number of hydrogen-bond acceptors (Lipinski definition) is 5. The molecule has 36 heavy (non-hydrogen) atoms. The number of rotatable bonds is 6. The van der Waals surface area contributed by atoms with Crippen LogP contribution in [0.15, 0.2) is 78.4 Å². The zero-order valence-electron chi connectivity index (χ0n) is 20.1. The second-order valence-electron chi connectivity index (χ2n) is 8.78. The number of nitrogens with zero attached hydrogens (tertiary/aromatic N) is 2. The third kappa shape index (κ3) is 4.73. The van der Waals surface area contributed by atoms with Gasteiger partial charge in [-0.1, -0.05) is 36.4 Å². The molecule has 5 rings (SSSR count). The van der Waals surface area contributed by atoms with Crippen LogP contribution in [-0.4, -0.2) is 31.0 Å². The number of barbiturate groups is 1. The van der Waals surface area contributed by atoms with Crippen LogP contribution < -0.4 is 19.9 Å². The minimum absolute atomic E-state index is 0.0830. The lowest BCUT2D eigenvalue weighted by Gasteiger charge is -2.32. The average Bonchev–Trinajstić information content (AvgIpc) is 2.88. The first kappa shape index (κ1) is 23.4. The zero-order valence-corrected chi connectivity index (χ0v) is 20.1. The normalized spacial score (nSPS) is 16.7. The molecule has 0 aliphatic carbocycles. The Balaban J connectivity index is 1.41. The molecule has 2 aliphatic heterocycles. The van der Waals surface area contributed by atoms with E-state index in [9.17, 15) is 14.4 Å². The van der Waals surface area contributed by atoms with Crippen molar-refractivity contribution in [2.45, 2.75) is 26.3 Å². The Morgan fingerprint density at radius 1 is 0.972 bits per heavy atom. The van der Waals surface area contributed by atoms with Gasteiger partial charge in [0, 0.05) is 18.8 Å². The number of anilines is 2. The number of aryl methyl sites for hydroxylation is 1. The number of benzene rings is 3. The fourth-order valence-electron chi connectivity index (χ4n) is 4.67. The Morgan fingerprint density at radius 2 is 1.75 bits per heavy atom. The molecule has 0 radical (unpaired) electrons. The molecule has 4 amide bonds. The van der Waals surface area contributed by atoms with Crippen LogP contribution in [0.2, 0.25) is 0 Å². The van der Waals surface area contributed by atoms with Crippen molar-refractivity contribution in [2.75, 3.05) is 23.0 Å². The van der Waals surface area contributed by atoms with E-state index in [4.69, 9.17) is 4.74 Å². The van der Waals surface area contributed by atoms with Crippen LogP contribution >= 0.6 is 0 Å². The van der Waals surface area contributed by atoms with Gasteiger partial charge in [-0.3, -0.25) is 14.9 Å². The maximum absolute atomic E-state index is 13.2. The summed E-state index contributed by atoms with van der Waals surface area (Å²) in [6.07, 6.45) is 3.51. The van der Waals surface area contributed by atoms with E-state index >= 15 is 0 Å². The number of ether oxygens (including phenoxy) is 1. The summed E-state index contributed by atoms with van der Waals surface area (Å²) in [6.45, 7) is 4.19. The Labute approximate surface area is 210 Å². The maximum atomic E-state index is 13.2. The molecular weight excluding hydrogens is 454 g/mol. The monoisotopic (exact) mass is 481 g/mol. The van der Waals surface area contributed by atoms with Gasteiger partial charge in [-0.15, -0.1) is 0 Å². The van der Waals surface area contributed by atoms with Gasteiger partial charge in [0.05, 0.1) is 12.3 Å². The third-order valence-corrected chi connectivity index (χ3v) is 6.35. The van der Waals surface area contributed by atoms with Gasteiger partial charge >= 0.3 is 6.03 Å². The van der Waals surface area contributed by atoms with Crippen LogP contribution in [0.4, 0.5) is 16.2 Å². The van der Waals surface area contributed by atoms with Gasteiger partial charge in [0.15, 0.2) is 0 Å². The Morgan fingerprint density at radius 3 is 2.50 bits per heavy atom. The van der Waals surface area contributed by atoms with E-state index < -0.39 is 17.8 Å². The number of nitrogens with one attached hydrogen (secondary N) is 1. The first-order valence-electron chi connectivity index (χ1n) is 12.1. The number of fused-ring (bicyclic) bond motifs is 1. The SMILES string of the molecule is CCOc1ccc(N2C(=O)NC(=O)/C(=C\c3ccc4c(c3)CCCN4Cc3ccccc3)C2=O)cc1. The van der Waals surface area contributed by atoms with E-state index in [0.717, 1.165) is 42.1 Å². The lowest BCUT2D eigenvalue weighted by atomic mass is 9.97. The number of imide groups is 2. The lowest BCUT2D eigenvalue weighted by Crippen LogP contribution is -2.54. The van der Waals surface area contributed by atoms with Crippen molar-refractivity contribution >= 4 is 35.3 Å². The molecule has 1 N–H and O–H groups in total. The van der Waals surface area contributed by atoms with Crippen molar-refractivity contribution < 1.29 is 19.1 Å². The van der Waals surface area contributed by atoms with Gasteiger partial charge in [0.25, 0.3) is 11.8 Å². The van der Waals surface area contributed by atoms with Crippen molar-refractivity contribution in [1.29, 1.82) is 0 Å². The van der Waals surface area contributed by atoms with Crippen LogP contribution in [0, 0.1) is 0 Å². The highest BCUT2D eigenvalue weighted by atomic mass is 16.5. The predicted octanol–water partition coefficient (Wildman–Crippen LogP) is 4.70. The average molecular weight is 482 g/mol. The Hall–Kier alpha value is -4.39. The molecule has 3 aromatic rings. The summed E-state index contributed by atoms with van der Waals surface area (Å²) in [6, 6.07) is 22.2. The summed E-state index contributed by atoms with van der Waals surface area (Å²) in [5.41, 5.74) is 4.61. The molecule has 7 heteroatoms. The molecule has 0 saturated carbocycles. The summed E-state index contributed by atoms with van der Waals surface area (Å²) in [5.74, 6) is -0.722. The summed E-state index contributed by atoms with van der Waals surface area (Å²) in [7, 11) is 0. The van der Waals surface area contributed by atoms with E-state index in [0.29, 0.717) is 18.0 Å². The van der Waals surface area contributed by atoms with Crippen LogP contribution in [0.5, 0.6) is 5.75 Å². The molecule has 0 aromatic heterocycles. The van der Waals surface area contributed by atoms with Gasteiger partial charge in [0.2, 0.25) is 0 Å². The minimum atomic E-state index is -0.770. The second-order valence-corrected chi connectivity index (χ2v) is 8.78. The highest BCUT2D eigenvalue weighted by Gasteiger charge is 2.36. The van der Waals surface area contributed by atoms with E-state index in [-0.39, 0.29) is 5.57 Å². The zero-order chi connectivity index (χ0) is 25.1. The van der Waals surface area contributed by atoms with E-state index in [1.807, 2.05) is 43.3 Å². The first-order chi connectivity index (χ1) is 17.5. The molecule has 1 saturated heterocycles. The fourth-order valence-corrected chi connectivity index (χ4v) is 4.67. The van der Waals surface area contributed by atoms with E-state index in [2.05, 4.69) is 22.3 Å². The van der Waals surface area contributed by atoms with Gasteiger partial charge < -0.3 is 9.64 Å². The van der Waals surface area contributed by atoms with Gasteiger partial charge in [0.1, 0.15) is 11.3 Å². The highest BCUT2D eigenvalue weighted by molar-refractivity contribution is 6.39. The van der Waals surface area contributed by atoms with Crippen LogP contribution in [-0.2, 0) is 22.6 Å². The highest BCUT2D eigenvalue weighted by Crippen LogP contribution is 2.31. The second kappa shape index (κ2) is 10.1. The van der Waals surface area contributed by atoms with E-state index in [1.165, 1.54) is 11.1 Å². The number of amides is 4. The molecule has 2 aliphatic rings. The molecule has 2 heterocycles. The quantitative estimate of drug-likeness (QED) is 0.408. The molecule has 3 aromatic carbocycles. The summed E-state index contributed by atoms with van der Waals surface area (Å²) in [4.78, 5) is 41.7. The third-order valence-electron chi connectivity index (χ3n) is 6.35. The van der Waals surface area contributed by atoms with Crippen molar-refractivity contribution in [3.05, 3.63) is 95.1 Å². The topological polar surface area (TPSA) is 79.0 Å². The Kier molecular flexibility index (Phi) is 6.54. The summed E-state index contributed by atoms with van der Waals surface area (Å²) < 4.78 is 5.43. The van der Waals surface area contributed by atoms with Crippen LogP contribution in [0.3, 0.4) is 0 Å². The van der Waals surface area contributed by atoms with Crippen LogP contribution in [0.25, 0.3) is 6.08 Å². The van der Waals surface area contributed by atoms with Gasteiger partial charge in [-0.2, -0.15) is 0 Å². The summed E-state index contributed by atoms with van der Waals surface area (Å²) >= 11 is 0. The van der Waals surface area contributed by atoms with Crippen molar-refractivity contribution in [3.63, 3.8) is 0 Å². The fraction of sp³-hybridized carbons (Fsp3) is 0.207. The van der Waals surface area contributed by atoms with Gasteiger partial charge in [-0.05, 0) is 78.9 Å². The molecular formula is C29H27N3O4. The number of urea groups is 1. The van der Waals surface area contributed by atoms with Crippen molar-refractivity contribution in [1.82, 2.24) is 5.32 Å². The standard InChI is InChI=1S/C29H27N3O4/c1-2-36-24-13-11-23(12-14-24)32-28(34)25(27(33)30-29(32)35)18-21-10-15-26-22(17-21)9-6-16-31(26)19-20-7-4-3-5-8-20/h3-5,7-8,10-15,17-18H,2,6,9,16,19H2,1H3,(H,30,33,35)/b25-18+. The predicted molar refractivity (Wildman–Crippen MR) is 139 cm³/mol. The molecule has 182 valence electrons. The number of carbonyl (C=O) groups excluding carboxylic acids is 3. The molecule has 0 bridgehead atoms. The Bertz CT molecular complexity index is 1330. The molecule has 0 atom stereocenters. The molecule has 0 unspecified atom stereocenters. The van der Waals surface area contributed by atoms with Crippen molar-refractivity contribution in [3.8, 4) is 5.75 Å². The molecule has 7 nitrogen and oxygen atoms in total. The number of hydrogen-bond donors (Lipinski definition) is 1. The molecule has 0 spiro atoms. The molecule has 1 fully saturated rings. The van der Waals surface area contributed by atoms with Crippen molar-refractivity contribution in [2.24, 2.45) is 0 Å². The largest absolute Gasteiger partial charge is 0.494 e. The number of carbonyl (C=O) groups is 3. The van der Waals surface area contributed by atoms with Crippen LogP contribution in [0.1, 0.15) is 30.0 Å². The van der Waals surface area contributed by atoms with Gasteiger partial charge in [-0.25, -0.2) is 9.69 Å². The van der Waals surface area contributed by atoms with E-state index in [1.54, 1.807) is 30.3 Å². The maximum Gasteiger partial charge on any atom is 0.335 e. The first-order valence-corrected chi connectivity index (χ1v) is 12.1.